The molecule has 0 saturated heterocycles. The van der Waals surface area contributed by atoms with Gasteiger partial charge in [-0.2, -0.15) is 0 Å². The van der Waals surface area contributed by atoms with E-state index >= 15 is 0 Å². The van der Waals surface area contributed by atoms with Crippen LogP contribution in [-0.2, 0) is 19.5 Å². The molecule has 272 valence electrons. The third-order valence-corrected chi connectivity index (χ3v) is 10.6. The Morgan fingerprint density at radius 3 is 1.04 bits per heavy atom. The van der Waals surface area contributed by atoms with Crippen molar-refractivity contribution in [2.24, 2.45) is 0 Å². The summed E-state index contributed by atoms with van der Waals surface area (Å²) in [6.07, 6.45) is 56.4. The SMILES string of the molecule is CCCCCCCCCCCCCCCCCCC[n+]1ccn(CCCCCC)c1CCCCCCCCCCCCCCCC. The lowest BCUT2D eigenvalue weighted by atomic mass is 10.0. The molecule has 0 amide bonds. The van der Waals surface area contributed by atoms with E-state index in [0.717, 1.165) is 0 Å². The fourth-order valence-electron chi connectivity index (χ4n) is 7.39. The number of unbranched alkanes of at least 4 members (excludes halogenated alkanes) is 32. The molecule has 0 N–H and O–H groups in total. The monoisotopic (exact) mass is 644 g/mol. The summed E-state index contributed by atoms with van der Waals surface area (Å²) >= 11 is 0. The topological polar surface area (TPSA) is 8.81 Å². The van der Waals surface area contributed by atoms with E-state index < -0.39 is 0 Å². The van der Waals surface area contributed by atoms with Crippen LogP contribution >= 0.6 is 0 Å². The van der Waals surface area contributed by atoms with Crippen molar-refractivity contribution in [1.29, 1.82) is 0 Å². The van der Waals surface area contributed by atoms with E-state index in [9.17, 15) is 0 Å². The lowest BCUT2D eigenvalue weighted by Gasteiger charge is -2.07. The molecule has 2 nitrogen and oxygen atoms in total. The average Bonchev–Trinajstić information content (AvgIpc) is 3.45. The number of hydrogen-bond acceptors (Lipinski definition) is 0. The van der Waals surface area contributed by atoms with Crippen molar-refractivity contribution in [3.8, 4) is 0 Å². The molecule has 0 aromatic carbocycles. The van der Waals surface area contributed by atoms with Gasteiger partial charge in [0.15, 0.2) is 0 Å². The van der Waals surface area contributed by atoms with Crippen molar-refractivity contribution in [2.45, 2.75) is 265 Å². The van der Waals surface area contributed by atoms with Gasteiger partial charge in [0.25, 0.3) is 5.82 Å². The fourth-order valence-corrected chi connectivity index (χ4v) is 7.39. The lowest BCUT2D eigenvalue weighted by Crippen LogP contribution is -2.37. The molecule has 0 fully saturated rings. The quantitative estimate of drug-likeness (QED) is 0.0501. The van der Waals surface area contributed by atoms with E-state index in [1.807, 2.05) is 0 Å². The Labute approximate surface area is 291 Å². The first kappa shape index (κ1) is 43.2. The Balaban J connectivity index is 2.12. The van der Waals surface area contributed by atoms with Crippen LogP contribution in [0.15, 0.2) is 12.4 Å². The fraction of sp³-hybridized carbons (Fsp3) is 0.932. The van der Waals surface area contributed by atoms with Gasteiger partial charge in [-0.25, -0.2) is 9.13 Å². The van der Waals surface area contributed by atoms with Gasteiger partial charge in [0.1, 0.15) is 12.4 Å². The summed E-state index contributed by atoms with van der Waals surface area (Å²) < 4.78 is 5.25. The molecule has 0 radical (unpaired) electrons. The number of rotatable bonds is 38. The molecule has 0 spiro atoms. The zero-order chi connectivity index (χ0) is 33.0. The molecule has 1 aromatic heterocycles. The lowest BCUT2D eigenvalue weighted by molar-refractivity contribution is -0.704. The molecule has 0 saturated carbocycles. The molecule has 0 bridgehead atoms. The van der Waals surface area contributed by atoms with Gasteiger partial charge in [-0.1, -0.05) is 213 Å². The summed E-state index contributed by atoms with van der Waals surface area (Å²) in [5.74, 6) is 1.62. The summed E-state index contributed by atoms with van der Waals surface area (Å²) in [6, 6.07) is 0. The maximum absolute atomic E-state index is 2.63. The average molecular weight is 644 g/mol. The minimum atomic E-state index is 1.22. The zero-order valence-corrected chi connectivity index (χ0v) is 32.4. The molecule has 1 aromatic rings. The van der Waals surface area contributed by atoms with Gasteiger partial charge in [0.05, 0.1) is 13.1 Å². The minimum Gasteiger partial charge on any atom is -0.234 e. The standard InChI is InChI=1S/C44H87N2/c1-4-7-10-13-15-17-19-21-23-24-25-27-29-31-33-35-38-41-46-43-42-45(40-37-12-9-6-3)44(46)39-36-34-32-30-28-26-22-20-18-16-14-11-8-5-2/h42-43H,4-41H2,1-3H3/q+1. The van der Waals surface area contributed by atoms with Crippen molar-refractivity contribution in [3.05, 3.63) is 18.2 Å². The smallest absolute Gasteiger partial charge is 0.234 e. The maximum atomic E-state index is 2.63. The Hall–Kier alpha value is -0.790. The van der Waals surface area contributed by atoms with Crippen LogP contribution in [0, 0.1) is 0 Å². The summed E-state index contributed by atoms with van der Waals surface area (Å²) in [4.78, 5) is 0. The molecule has 1 heterocycles. The molecule has 0 unspecified atom stereocenters. The highest BCUT2D eigenvalue weighted by atomic mass is 15.1. The number of aromatic nitrogens is 2. The number of nitrogens with zero attached hydrogens (tertiary/aromatic N) is 2. The molecule has 46 heavy (non-hydrogen) atoms. The van der Waals surface area contributed by atoms with E-state index in [1.54, 1.807) is 5.82 Å². The first-order valence-electron chi connectivity index (χ1n) is 21.9. The first-order chi connectivity index (χ1) is 22.8. The minimum absolute atomic E-state index is 1.22. The van der Waals surface area contributed by atoms with Gasteiger partial charge in [0, 0.05) is 6.42 Å². The molecule has 2 heteroatoms. The highest BCUT2D eigenvalue weighted by Gasteiger charge is 2.16. The van der Waals surface area contributed by atoms with Crippen molar-refractivity contribution < 1.29 is 4.57 Å². The largest absolute Gasteiger partial charge is 0.256 e. The van der Waals surface area contributed by atoms with Gasteiger partial charge in [0.2, 0.25) is 0 Å². The van der Waals surface area contributed by atoms with Gasteiger partial charge in [-0.15, -0.1) is 0 Å². The number of imidazole rings is 1. The normalized spacial score (nSPS) is 11.6. The predicted molar refractivity (Wildman–Crippen MR) is 207 cm³/mol. The van der Waals surface area contributed by atoms with Gasteiger partial charge in [-0.3, -0.25) is 0 Å². The summed E-state index contributed by atoms with van der Waals surface area (Å²) in [6.45, 7) is 9.40. The van der Waals surface area contributed by atoms with E-state index in [-0.39, 0.29) is 0 Å². The third-order valence-electron chi connectivity index (χ3n) is 10.6. The number of hydrogen-bond donors (Lipinski definition) is 0. The molecule has 0 atom stereocenters. The van der Waals surface area contributed by atoms with Crippen LogP contribution in [-0.4, -0.2) is 4.57 Å². The molecular weight excluding hydrogens is 556 g/mol. The molecule has 1 rings (SSSR count). The van der Waals surface area contributed by atoms with Crippen LogP contribution in [0.3, 0.4) is 0 Å². The van der Waals surface area contributed by atoms with Crippen LogP contribution in [0.1, 0.15) is 251 Å². The maximum Gasteiger partial charge on any atom is 0.256 e. The van der Waals surface area contributed by atoms with Crippen LogP contribution in [0.25, 0.3) is 0 Å². The second kappa shape index (κ2) is 35.5. The second-order valence-corrected chi connectivity index (χ2v) is 15.2. The summed E-state index contributed by atoms with van der Waals surface area (Å²) in [5, 5.41) is 0. The number of aryl methyl sites for hydroxylation is 2. The molecule has 0 aliphatic rings. The first-order valence-corrected chi connectivity index (χ1v) is 21.9. The molecular formula is C44H87N2+. The Kier molecular flexibility index (Phi) is 33.4. The summed E-state index contributed by atoms with van der Waals surface area (Å²) in [5.41, 5.74) is 0. The van der Waals surface area contributed by atoms with Crippen LogP contribution in [0.5, 0.6) is 0 Å². The Morgan fingerprint density at radius 1 is 0.370 bits per heavy atom. The Bertz CT molecular complexity index is 707. The van der Waals surface area contributed by atoms with Gasteiger partial charge < -0.3 is 0 Å². The van der Waals surface area contributed by atoms with Crippen molar-refractivity contribution >= 4 is 0 Å². The zero-order valence-electron chi connectivity index (χ0n) is 32.4. The van der Waals surface area contributed by atoms with Gasteiger partial charge in [-0.05, 0) is 32.1 Å². The van der Waals surface area contributed by atoms with E-state index in [2.05, 4.69) is 42.3 Å². The van der Waals surface area contributed by atoms with Crippen molar-refractivity contribution in [1.82, 2.24) is 4.57 Å². The predicted octanol–water partition coefficient (Wildman–Crippen LogP) is 15.0. The molecule has 0 aliphatic heterocycles. The van der Waals surface area contributed by atoms with Gasteiger partial charge >= 0.3 is 0 Å². The second-order valence-electron chi connectivity index (χ2n) is 15.2. The summed E-state index contributed by atoms with van der Waals surface area (Å²) in [7, 11) is 0. The highest BCUT2D eigenvalue weighted by Crippen LogP contribution is 2.16. The van der Waals surface area contributed by atoms with Crippen LogP contribution < -0.4 is 4.57 Å². The third kappa shape index (κ3) is 27.2. The van der Waals surface area contributed by atoms with Crippen LogP contribution in [0.2, 0.25) is 0 Å². The van der Waals surface area contributed by atoms with E-state index in [4.69, 9.17) is 0 Å². The van der Waals surface area contributed by atoms with E-state index in [0.29, 0.717) is 0 Å². The van der Waals surface area contributed by atoms with Crippen molar-refractivity contribution in [3.63, 3.8) is 0 Å². The van der Waals surface area contributed by atoms with Crippen LogP contribution in [0.4, 0.5) is 0 Å². The van der Waals surface area contributed by atoms with E-state index in [1.165, 1.54) is 244 Å². The van der Waals surface area contributed by atoms with Crippen molar-refractivity contribution in [2.75, 3.05) is 0 Å². The Morgan fingerprint density at radius 2 is 0.674 bits per heavy atom. The molecule has 0 aliphatic carbocycles. The highest BCUT2D eigenvalue weighted by molar-refractivity contribution is 4.84.